The van der Waals surface area contributed by atoms with Gasteiger partial charge in [-0.25, -0.2) is 4.39 Å². The molecule has 3 rings (SSSR count). The number of nitrogens with zero attached hydrogens (tertiary/aromatic N) is 1. The Balaban J connectivity index is 1.67. The third kappa shape index (κ3) is 3.16. The number of nitrogens with one attached hydrogen (secondary N) is 1. The van der Waals surface area contributed by atoms with Crippen LogP contribution in [0.25, 0.3) is 0 Å². The second-order valence-electron chi connectivity index (χ2n) is 5.38. The van der Waals surface area contributed by atoms with Crippen molar-refractivity contribution in [3.05, 3.63) is 50.9 Å². The van der Waals surface area contributed by atoms with Crippen molar-refractivity contribution >= 4 is 34.5 Å². The van der Waals surface area contributed by atoms with Crippen LogP contribution in [0.5, 0.6) is 0 Å². The Kier molecular flexibility index (Phi) is 4.47. The first-order valence-corrected chi connectivity index (χ1v) is 8.35. The average Bonchev–Trinajstić information content (AvgIpc) is 2.96. The maximum Gasteiger partial charge on any atom is 0.241 e. The van der Waals surface area contributed by atoms with Gasteiger partial charge in [-0.15, -0.1) is 11.3 Å². The lowest BCUT2D eigenvalue weighted by molar-refractivity contribution is -0.121. The van der Waals surface area contributed by atoms with Gasteiger partial charge in [-0.3, -0.25) is 9.69 Å². The first-order valence-electron chi connectivity index (χ1n) is 7.10. The molecule has 0 saturated carbocycles. The van der Waals surface area contributed by atoms with Crippen LogP contribution < -0.4 is 5.32 Å². The van der Waals surface area contributed by atoms with E-state index < -0.39 is 5.82 Å². The number of halogens is 2. The van der Waals surface area contributed by atoms with Gasteiger partial charge in [0.05, 0.1) is 11.7 Å². The first kappa shape index (κ1) is 15.5. The number of carbonyl (C=O) groups excluding carboxylic acids is 1. The molecule has 6 heteroatoms. The van der Waals surface area contributed by atoms with Crippen LogP contribution in [-0.2, 0) is 17.8 Å². The summed E-state index contributed by atoms with van der Waals surface area (Å²) in [4.78, 5) is 15.9. The Labute approximate surface area is 137 Å². The fourth-order valence-electron chi connectivity index (χ4n) is 2.59. The van der Waals surface area contributed by atoms with Crippen LogP contribution in [0, 0.1) is 5.82 Å². The molecule has 1 aromatic carbocycles. The third-order valence-electron chi connectivity index (χ3n) is 3.95. The molecule has 22 heavy (non-hydrogen) atoms. The van der Waals surface area contributed by atoms with Gasteiger partial charge in [0.15, 0.2) is 0 Å². The number of amides is 1. The minimum Gasteiger partial charge on any atom is -0.322 e. The molecule has 1 N–H and O–H groups in total. The summed E-state index contributed by atoms with van der Waals surface area (Å²) in [6.45, 7) is 3.45. The van der Waals surface area contributed by atoms with Gasteiger partial charge in [-0.05, 0) is 48.6 Å². The van der Waals surface area contributed by atoms with Crippen molar-refractivity contribution < 1.29 is 9.18 Å². The molecule has 3 nitrogen and oxygen atoms in total. The molecule has 0 radical (unpaired) electrons. The van der Waals surface area contributed by atoms with E-state index in [0.29, 0.717) is 5.02 Å². The molecule has 0 fully saturated rings. The van der Waals surface area contributed by atoms with Gasteiger partial charge in [0, 0.05) is 23.0 Å². The van der Waals surface area contributed by atoms with Crippen molar-refractivity contribution in [3.63, 3.8) is 0 Å². The molecule has 1 atom stereocenters. The van der Waals surface area contributed by atoms with Crippen LogP contribution in [0.15, 0.2) is 29.6 Å². The molecule has 0 bridgehead atoms. The molecule has 0 aliphatic carbocycles. The number of rotatable bonds is 3. The van der Waals surface area contributed by atoms with E-state index in [-0.39, 0.29) is 17.6 Å². The van der Waals surface area contributed by atoms with Crippen molar-refractivity contribution in [2.24, 2.45) is 0 Å². The zero-order valence-electron chi connectivity index (χ0n) is 12.1. The maximum atomic E-state index is 13.8. The largest absolute Gasteiger partial charge is 0.322 e. The minimum absolute atomic E-state index is 0.162. The number of fused-ring (bicyclic) bond motifs is 1. The zero-order valence-corrected chi connectivity index (χ0v) is 13.7. The average molecular weight is 339 g/mol. The van der Waals surface area contributed by atoms with E-state index in [4.69, 9.17) is 11.6 Å². The summed E-state index contributed by atoms with van der Waals surface area (Å²) in [5, 5.41) is 5.04. The van der Waals surface area contributed by atoms with Gasteiger partial charge in [-0.2, -0.15) is 0 Å². The molecule has 116 valence electrons. The van der Waals surface area contributed by atoms with E-state index in [2.05, 4.69) is 21.7 Å². The quantitative estimate of drug-likeness (QED) is 0.919. The fraction of sp³-hybridized carbons (Fsp3) is 0.312. The summed E-state index contributed by atoms with van der Waals surface area (Å²) in [5.41, 5.74) is 1.45. The summed E-state index contributed by atoms with van der Waals surface area (Å²) in [7, 11) is 0. The number of hydrogen-bond acceptors (Lipinski definition) is 3. The number of carbonyl (C=O) groups is 1. The van der Waals surface area contributed by atoms with Gasteiger partial charge in [0.2, 0.25) is 5.91 Å². The van der Waals surface area contributed by atoms with E-state index >= 15 is 0 Å². The van der Waals surface area contributed by atoms with Crippen LogP contribution >= 0.6 is 22.9 Å². The van der Waals surface area contributed by atoms with E-state index in [1.165, 1.54) is 22.6 Å². The second kappa shape index (κ2) is 6.36. The fourth-order valence-corrected chi connectivity index (χ4v) is 3.64. The minimum atomic E-state index is -0.521. The highest BCUT2D eigenvalue weighted by atomic mass is 35.5. The molecule has 0 spiro atoms. The van der Waals surface area contributed by atoms with E-state index in [9.17, 15) is 9.18 Å². The Hall–Kier alpha value is -1.43. The summed E-state index contributed by atoms with van der Waals surface area (Å²) in [6.07, 6.45) is 0.958. The Morgan fingerprint density at radius 3 is 3.05 bits per heavy atom. The van der Waals surface area contributed by atoms with E-state index in [0.717, 1.165) is 19.5 Å². The molecule has 1 aromatic heterocycles. The second-order valence-corrected chi connectivity index (χ2v) is 6.82. The van der Waals surface area contributed by atoms with E-state index in [1.807, 2.05) is 6.92 Å². The van der Waals surface area contributed by atoms with Gasteiger partial charge in [-0.1, -0.05) is 11.6 Å². The van der Waals surface area contributed by atoms with Crippen molar-refractivity contribution in [1.29, 1.82) is 0 Å². The molecule has 0 unspecified atom stereocenters. The van der Waals surface area contributed by atoms with Crippen molar-refractivity contribution in [3.8, 4) is 0 Å². The lowest BCUT2D eigenvalue weighted by atomic mass is 10.1. The highest BCUT2D eigenvalue weighted by Crippen LogP contribution is 2.26. The topological polar surface area (TPSA) is 32.3 Å². The Morgan fingerprint density at radius 2 is 2.27 bits per heavy atom. The lowest BCUT2D eigenvalue weighted by Gasteiger charge is -2.31. The Morgan fingerprint density at radius 1 is 1.45 bits per heavy atom. The Bertz CT molecular complexity index is 703. The van der Waals surface area contributed by atoms with Gasteiger partial charge in [0.25, 0.3) is 0 Å². The molecule has 2 aromatic rings. The van der Waals surface area contributed by atoms with Crippen LogP contribution in [0.2, 0.25) is 5.02 Å². The maximum absolute atomic E-state index is 13.8. The standard InChI is InChI=1S/C16H16ClFN2OS/c1-10(20-6-4-15-11(9-20)5-7-22-15)16(21)19-14-3-2-12(17)8-13(14)18/h2-3,5,7-8,10H,4,6,9H2,1H3,(H,19,21)/t10-/m1/s1. The van der Waals surface area contributed by atoms with Gasteiger partial charge in [0.1, 0.15) is 5.82 Å². The predicted molar refractivity (Wildman–Crippen MR) is 87.9 cm³/mol. The van der Waals surface area contributed by atoms with Crippen LogP contribution in [0.1, 0.15) is 17.4 Å². The van der Waals surface area contributed by atoms with Crippen molar-refractivity contribution in [1.82, 2.24) is 4.90 Å². The summed E-state index contributed by atoms with van der Waals surface area (Å²) < 4.78 is 13.8. The van der Waals surface area contributed by atoms with Crippen LogP contribution in [0.3, 0.4) is 0 Å². The molecular weight excluding hydrogens is 323 g/mol. The van der Waals surface area contributed by atoms with Crippen LogP contribution in [0.4, 0.5) is 10.1 Å². The van der Waals surface area contributed by atoms with Gasteiger partial charge < -0.3 is 5.32 Å². The molecule has 0 saturated heterocycles. The lowest BCUT2D eigenvalue weighted by Crippen LogP contribution is -2.44. The monoisotopic (exact) mass is 338 g/mol. The summed E-state index contributed by atoms with van der Waals surface area (Å²) in [6, 6.07) is 6.03. The number of benzene rings is 1. The highest BCUT2D eigenvalue weighted by Gasteiger charge is 2.26. The third-order valence-corrected chi connectivity index (χ3v) is 5.21. The highest BCUT2D eigenvalue weighted by molar-refractivity contribution is 7.10. The SMILES string of the molecule is C[C@H](C(=O)Nc1ccc(Cl)cc1F)N1CCc2sccc2C1. The van der Waals surface area contributed by atoms with Gasteiger partial charge >= 0.3 is 0 Å². The summed E-state index contributed by atoms with van der Waals surface area (Å²) in [5.74, 6) is -0.730. The molecule has 2 heterocycles. The summed E-state index contributed by atoms with van der Waals surface area (Å²) >= 11 is 7.48. The zero-order chi connectivity index (χ0) is 15.7. The molecule has 1 aliphatic heterocycles. The van der Waals surface area contributed by atoms with Crippen molar-refractivity contribution in [2.45, 2.75) is 25.9 Å². The van der Waals surface area contributed by atoms with Crippen LogP contribution in [-0.4, -0.2) is 23.4 Å². The predicted octanol–water partition coefficient (Wildman–Crippen LogP) is 3.93. The molecule has 1 aliphatic rings. The first-order chi connectivity index (χ1) is 10.5. The normalized spacial score (nSPS) is 16.1. The smallest absolute Gasteiger partial charge is 0.241 e. The molecular formula is C16H16ClFN2OS. The number of anilines is 1. The van der Waals surface area contributed by atoms with Crippen molar-refractivity contribution in [2.75, 3.05) is 11.9 Å². The van der Waals surface area contributed by atoms with E-state index in [1.54, 1.807) is 17.4 Å². The molecule has 1 amide bonds. The number of hydrogen-bond donors (Lipinski definition) is 1. The number of thiophene rings is 1.